The molecule has 1 aliphatic carbocycles. The predicted molar refractivity (Wildman–Crippen MR) is 217 cm³/mol. The number of amides is 2. The van der Waals surface area contributed by atoms with Crippen LogP contribution in [-0.2, 0) is 26.2 Å². The Labute approximate surface area is 332 Å². The number of ketones is 1. The zero-order chi connectivity index (χ0) is 39.8. The number of aryl methyl sites for hydroxylation is 1. The number of hydrogen-bond donors (Lipinski definition) is 2. The van der Waals surface area contributed by atoms with E-state index in [-0.39, 0.29) is 51.6 Å². The topological polar surface area (TPSA) is 167 Å². The molecular weight excluding hydrogens is 745 g/mol. The normalized spacial score (nSPS) is 20.6. The highest BCUT2D eigenvalue weighted by molar-refractivity contribution is 7.89. The Morgan fingerprint density at radius 1 is 0.912 bits per heavy atom. The monoisotopic (exact) mass is 794 g/mol. The summed E-state index contributed by atoms with van der Waals surface area (Å²) < 4.78 is 30.6. The van der Waals surface area contributed by atoms with Gasteiger partial charge in [-0.2, -0.15) is 9.29 Å². The molecule has 2 aromatic heterocycles. The van der Waals surface area contributed by atoms with Gasteiger partial charge < -0.3 is 10.2 Å². The first-order valence-electron chi connectivity index (χ1n) is 20.2. The van der Waals surface area contributed by atoms with Crippen LogP contribution < -0.4 is 21.1 Å². The van der Waals surface area contributed by atoms with Gasteiger partial charge in [0.1, 0.15) is 5.65 Å². The molecule has 3 saturated heterocycles. The van der Waals surface area contributed by atoms with Gasteiger partial charge in [-0.05, 0) is 86.9 Å². The third-order valence-corrected chi connectivity index (χ3v) is 14.2. The number of nitrogens with one attached hydrogen (secondary N) is 2. The Balaban J connectivity index is 0.854. The van der Waals surface area contributed by atoms with Gasteiger partial charge >= 0.3 is 0 Å². The molecule has 0 radical (unpaired) electrons. The number of benzene rings is 2. The van der Waals surface area contributed by atoms with Crippen LogP contribution in [0.1, 0.15) is 97.3 Å². The van der Waals surface area contributed by atoms with E-state index in [2.05, 4.69) is 37.6 Å². The van der Waals surface area contributed by atoms with Crippen LogP contribution in [0, 0.1) is 6.92 Å². The number of piperazine rings is 1. The zero-order valence-corrected chi connectivity index (χ0v) is 33.4. The Morgan fingerprint density at radius 2 is 1.63 bits per heavy atom. The van der Waals surface area contributed by atoms with Gasteiger partial charge in [0.25, 0.3) is 5.56 Å². The van der Waals surface area contributed by atoms with Gasteiger partial charge in [-0.1, -0.05) is 37.1 Å². The molecule has 1 saturated carbocycles. The second-order valence-electron chi connectivity index (χ2n) is 15.9. The number of carbonyl (C=O) groups is 3. The Kier molecular flexibility index (Phi) is 11.0. The Bertz CT molecular complexity index is 2360. The van der Waals surface area contributed by atoms with Crippen molar-refractivity contribution in [2.45, 2.75) is 94.7 Å². The lowest BCUT2D eigenvalue weighted by molar-refractivity contribution is -0.134. The minimum Gasteiger partial charge on any atom is -0.369 e. The smallest absolute Gasteiger partial charge is 0.263 e. The van der Waals surface area contributed by atoms with Gasteiger partial charge in [0.15, 0.2) is 5.78 Å². The van der Waals surface area contributed by atoms with E-state index in [1.807, 2.05) is 24.3 Å². The molecule has 4 aliphatic rings. The van der Waals surface area contributed by atoms with E-state index >= 15 is 0 Å². The summed E-state index contributed by atoms with van der Waals surface area (Å²) in [6.45, 7) is 7.96. The van der Waals surface area contributed by atoms with E-state index in [1.54, 1.807) is 34.1 Å². The summed E-state index contributed by atoms with van der Waals surface area (Å²) in [5.41, 5.74) is 4.09. The van der Waals surface area contributed by atoms with Crippen LogP contribution in [0.15, 0.2) is 64.4 Å². The van der Waals surface area contributed by atoms with Crippen LogP contribution in [0.2, 0.25) is 0 Å². The lowest BCUT2D eigenvalue weighted by Gasteiger charge is -2.36. The number of sulfonamides is 1. The van der Waals surface area contributed by atoms with Crippen LogP contribution in [-0.4, -0.2) is 95.1 Å². The van der Waals surface area contributed by atoms with Gasteiger partial charge in [0.2, 0.25) is 27.8 Å². The van der Waals surface area contributed by atoms with Crippen molar-refractivity contribution >= 4 is 50.3 Å². The summed E-state index contributed by atoms with van der Waals surface area (Å²) in [4.78, 5) is 64.4. The summed E-state index contributed by atoms with van der Waals surface area (Å²) in [5, 5.41) is 6.55. The van der Waals surface area contributed by atoms with Crippen molar-refractivity contribution in [2.75, 3.05) is 49.5 Å². The highest BCUT2D eigenvalue weighted by atomic mass is 32.2. The van der Waals surface area contributed by atoms with Crippen LogP contribution in [0.25, 0.3) is 11.0 Å². The van der Waals surface area contributed by atoms with Crippen molar-refractivity contribution in [1.82, 2.24) is 29.1 Å². The molecule has 2 amide bonds. The number of aromatic nitrogens is 3. The zero-order valence-electron chi connectivity index (χ0n) is 32.6. The Hall–Kier alpha value is -4.99. The van der Waals surface area contributed by atoms with Crippen molar-refractivity contribution in [1.29, 1.82) is 0 Å². The molecule has 2 aromatic carbocycles. The quantitative estimate of drug-likeness (QED) is 0.171. The van der Waals surface area contributed by atoms with Gasteiger partial charge in [-0.3, -0.25) is 34.0 Å². The lowest BCUT2D eigenvalue weighted by Crippen LogP contribution is -2.46. The van der Waals surface area contributed by atoms with Crippen LogP contribution in [0.5, 0.6) is 0 Å². The van der Waals surface area contributed by atoms with E-state index < -0.39 is 10.0 Å². The van der Waals surface area contributed by atoms with Gasteiger partial charge in [-0.25, -0.2) is 13.4 Å². The number of pyridine rings is 1. The summed E-state index contributed by atoms with van der Waals surface area (Å²) in [6.07, 6.45) is 7.49. The summed E-state index contributed by atoms with van der Waals surface area (Å²) in [5.74, 6) is -0.618. The summed E-state index contributed by atoms with van der Waals surface area (Å²) in [6, 6.07) is 15.2. The molecule has 4 aromatic rings. The first-order valence-corrected chi connectivity index (χ1v) is 21.6. The van der Waals surface area contributed by atoms with Gasteiger partial charge in [-0.15, -0.1) is 0 Å². The van der Waals surface area contributed by atoms with E-state index in [0.29, 0.717) is 67.9 Å². The predicted octanol–water partition coefficient (Wildman–Crippen LogP) is 4.53. The lowest BCUT2D eigenvalue weighted by atomic mass is 9.90. The van der Waals surface area contributed by atoms with E-state index in [4.69, 9.17) is 4.98 Å². The number of anilines is 2. The van der Waals surface area contributed by atoms with Crippen molar-refractivity contribution in [3.8, 4) is 0 Å². The SMILES string of the molecule is CC(=O)c1c(C)c2cnc(NC3CCN(S(=O)(=O)c4ccc(CN5CCN(c6cccc(C7CCC(=O)NC7=O)c6)CC5)cc4)CC3)nc2n(C2CCCC2)c1=O. The molecule has 4 fully saturated rings. The minimum absolute atomic E-state index is 0.00931. The molecule has 300 valence electrons. The number of nitrogens with zero attached hydrogens (tertiary/aromatic N) is 6. The fourth-order valence-corrected chi connectivity index (χ4v) is 10.5. The van der Waals surface area contributed by atoms with E-state index in [1.165, 1.54) is 6.92 Å². The summed E-state index contributed by atoms with van der Waals surface area (Å²) in [7, 11) is -3.68. The van der Waals surface area contributed by atoms with Crippen LogP contribution in [0.3, 0.4) is 0 Å². The summed E-state index contributed by atoms with van der Waals surface area (Å²) >= 11 is 0. The highest BCUT2D eigenvalue weighted by Gasteiger charge is 2.32. The third kappa shape index (κ3) is 7.97. The number of hydrogen-bond acceptors (Lipinski definition) is 11. The molecule has 5 heterocycles. The molecule has 3 aliphatic heterocycles. The standard InChI is InChI=1S/C42H50N8O6S/c1-27-36-25-43-42(46-39(36)50(32-7-3-4-8-32)41(54)38(27)28(2)51)44-31-16-18-49(19-17-31)57(55,56)34-12-10-29(11-13-34)26-47-20-22-48(23-21-47)33-9-5-6-30(24-33)35-14-15-37(52)45-40(35)53/h5-6,9-13,24-25,31-32,35H,3-4,7-8,14-23,26H2,1-2H3,(H,43,44,46)(H,45,52,53). The molecule has 1 atom stereocenters. The fraction of sp³-hybridized carbons (Fsp3) is 0.476. The number of imide groups is 1. The molecule has 15 heteroatoms. The number of fused-ring (bicyclic) bond motifs is 1. The first-order chi connectivity index (χ1) is 27.5. The van der Waals surface area contributed by atoms with Crippen molar-refractivity contribution < 1.29 is 22.8 Å². The average molecular weight is 795 g/mol. The molecule has 8 rings (SSSR count). The van der Waals surface area contributed by atoms with Gasteiger partial charge in [0.05, 0.1) is 16.4 Å². The second kappa shape index (κ2) is 16.1. The van der Waals surface area contributed by atoms with Crippen molar-refractivity contribution in [3.63, 3.8) is 0 Å². The maximum atomic E-state index is 13.7. The maximum absolute atomic E-state index is 13.7. The Morgan fingerprint density at radius 3 is 2.32 bits per heavy atom. The van der Waals surface area contributed by atoms with Gasteiger partial charge in [0, 0.05) is 81.6 Å². The third-order valence-electron chi connectivity index (χ3n) is 12.3. The fourth-order valence-electron chi connectivity index (χ4n) is 9.03. The van der Waals surface area contributed by atoms with Crippen LogP contribution in [0.4, 0.5) is 11.6 Å². The van der Waals surface area contributed by atoms with E-state index in [0.717, 1.165) is 68.7 Å². The van der Waals surface area contributed by atoms with Crippen molar-refractivity contribution in [3.05, 3.63) is 87.3 Å². The number of carbonyl (C=O) groups excluding carboxylic acids is 3. The highest BCUT2D eigenvalue weighted by Crippen LogP contribution is 2.33. The second-order valence-corrected chi connectivity index (χ2v) is 17.9. The maximum Gasteiger partial charge on any atom is 0.263 e. The molecule has 1 unspecified atom stereocenters. The largest absolute Gasteiger partial charge is 0.369 e. The molecule has 57 heavy (non-hydrogen) atoms. The number of piperidine rings is 2. The minimum atomic E-state index is -3.68. The average Bonchev–Trinajstić information content (AvgIpc) is 3.73. The number of Topliss-reactive ketones (excluding diaryl/α,β-unsaturated/α-hetero) is 1. The molecule has 0 bridgehead atoms. The van der Waals surface area contributed by atoms with Crippen LogP contribution >= 0.6 is 0 Å². The first kappa shape index (κ1) is 38.9. The molecule has 0 spiro atoms. The molecule has 14 nitrogen and oxygen atoms in total. The molecule has 2 N–H and O–H groups in total. The molecular formula is C42H50N8O6S. The number of rotatable bonds is 10. The van der Waals surface area contributed by atoms with E-state index in [9.17, 15) is 27.6 Å². The van der Waals surface area contributed by atoms with Crippen molar-refractivity contribution in [2.24, 2.45) is 0 Å².